The van der Waals surface area contributed by atoms with Crippen LogP contribution in [0.1, 0.15) is 5.89 Å². The summed E-state index contributed by atoms with van der Waals surface area (Å²) in [6.07, 6.45) is 0.211. The lowest BCUT2D eigenvalue weighted by atomic mass is 10.8. The summed E-state index contributed by atoms with van der Waals surface area (Å²) in [6, 6.07) is 0. The highest BCUT2D eigenvalue weighted by molar-refractivity contribution is 4.81. The van der Waals surface area contributed by atoms with E-state index in [1.807, 2.05) is 0 Å². The van der Waals surface area contributed by atoms with Crippen LogP contribution >= 0.6 is 0 Å². The molecule has 4 heteroatoms. The van der Waals surface area contributed by atoms with Gasteiger partial charge < -0.3 is 9.15 Å². The molecule has 0 aromatic carbocycles. The van der Waals surface area contributed by atoms with Crippen LogP contribution in [0.4, 0.5) is 0 Å². The van der Waals surface area contributed by atoms with Gasteiger partial charge in [-0.2, -0.15) is 0 Å². The predicted molar refractivity (Wildman–Crippen MR) is 25.6 cm³/mol. The quantitative estimate of drug-likeness (QED) is 0.529. The van der Waals surface area contributed by atoms with Crippen molar-refractivity contribution in [3.05, 3.63) is 5.89 Å². The Kier molecular flexibility index (Phi) is 1.15. The summed E-state index contributed by atoms with van der Waals surface area (Å²) in [5, 5.41) is 7.04. The molecule has 0 atom stereocenters. The van der Waals surface area contributed by atoms with Crippen LogP contribution in [0, 0.1) is 6.92 Å². The molecule has 0 unspecified atom stereocenters. The molecule has 0 aliphatic rings. The summed E-state index contributed by atoms with van der Waals surface area (Å²) < 4.78 is 9.38. The van der Waals surface area contributed by atoms with Gasteiger partial charge in [-0.1, -0.05) is 5.10 Å². The smallest absolute Gasteiger partial charge is 0.414 e. The number of aryl methyl sites for hydroxylation is 1. The van der Waals surface area contributed by atoms with Crippen LogP contribution in [0.15, 0.2) is 4.42 Å². The van der Waals surface area contributed by atoms with Crippen molar-refractivity contribution < 1.29 is 9.15 Å². The Hall–Kier alpha value is -1.06. The highest BCUT2D eigenvalue weighted by Gasteiger charge is 1.96. The molecule has 0 N–H and O–H groups in total. The standard InChI is InChI=1S/C4H6N2O2/c1-3-5-6-4(7-2)8-3/h1-2H3. The van der Waals surface area contributed by atoms with E-state index in [-0.39, 0.29) is 6.08 Å². The van der Waals surface area contributed by atoms with E-state index in [1.54, 1.807) is 6.92 Å². The van der Waals surface area contributed by atoms with Gasteiger partial charge in [0.05, 0.1) is 7.11 Å². The molecule has 0 aliphatic heterocycles. The molecule has 0 fully saturated rings. The molecule has 1 aromatic rings. The maximum absolute atomic E-state index is 4.79. The number of nitrogens with zero attached hydrogens (tertiary/aromatic N) is 2. The third-order valence-corrected chi connectivity index (χ3v) is 0.682. The van der Waals surface area contributed by atoms with E-state index < -0.39 is 0 Å². The average molecular weight is 114 g/mol. The van der Waals surface area contributed by atoms with Gasteiger partial charge in [-0.05, 0) is 0 Å². The fraction of sp³-hybridized carbons (Fsp3) is 0.500. The first-order chi connectivity index (χ1) is 3.83. The highest BCUT2D eigenvalue weighted by Crippen LogP contribution is 2.03. The Morgan fingerprint density at radius 2 is 2.25 bits per heavy atom. The molecule has 44 valence electrons. The van der Waals surface area contributed by atoms with E-state index in [0.717, 1.165) is 0 Å². The summed E-state index contributed by atoms with van der Waals surface area (Å²) in [6.45, 7) is 1.70. The van der Waals surface area contributed by atoms with Crippen LogP contribution < -0.4 is 4.74 Å². The van der Waals surface area contributed by atoms with E-state index >= 15 is 0 Å². The van der Waals surface area contributed by atoms with Gasteiger partial charge in [0, 0.05) is 6.92 Å². The lowest BCUT2D eigenvalue weighted by Crippen LogP contribution is -1.79. The molecule has 8 heavy (non-hydrogen) atoms. The second-order valence-electron chi connectivity index (χ2n) is 1.29. The Bertz CT molecular complexity index is 172. The van der Waals surface area contributed by atoms with E-state index in [4.69, 9.17) is 4.42 Å². The van der Waals surface area contributed by atoms with Crippen LogP contribution in [0.5, 0.6) is 6.08 Å². The maximum Gasteiger partial charge on any atom is 0.414 e. The molecule has 0 radical (unpaired) electrons. The minimum atomic E-state index is 0.211. The lowest BCUT2D eigenvalue weighted by Gasteiger charge is -1.82. The topological polar surface area (TPSA) is 48.2 Å². The van der Waals surface area contributed by atoms with Gasteiger partial charge in [0.25, 0.3) is 0 Å². The predicted octanol–water partition coefficient (Wildman–Crippen LogP) is 0.387. The monoisotopic (exact) mass is 114 g/mol. The second-order valence-corrected chi connectivity index (χ2v) is 1.29. The summed E-state index contributed by atoms with van der Waals surface area (Å²) in [7, 11) is 1.48. The van der Waals surface area contributed by atoms with Crippen molar-refractivity contribution in [2.24, 2.45) is 0 Å². The van der Waals surface area contributed by atoms with Crippen molar-refractivity contribution in [3.63, 3.8) is 0 Å². The van der Waals surface area contributed by atoms with Gasteiger partial charge in [0.1, 0.15) is 0 Å². The van der Waals surface area contributed by atoms with Crippen molar-refractivity contribution in [2.45, 2.75) is 6.92 Å². The zero-order chi connectivity index (χ0) is 5.98. The molecule has 1 heterocycles. The van der Waals surface area contributed by atoms with Gasteiger partial charge in [0.2, 0.25) is 5.89 Å². The number of rotatable bonds is 1. The fourth-order valence-corrected chi connectivity index (χ4v) is 0.361. The first-order valence-corrected chi connectivity index (χ1v) is 2.17. The molecular formula is C4H6N2O2. The van der Waals surface area contributed by atoms with Crippen LogP contribution in [-0.2, 0) is 0 Å². The molecule has 0 bridgehead atoms. The second kappa shape index (κ2) is 1.81. The molecule has 0 aliphatic carbocycles. The van der Waals surface area contributed by atoms with Crippen molar-refractivity contribution in [3.8, 4) is 6.08 Å². The van der Waals surface area contributed by atoms with Gasteiger partial charge in [-0.15, -0.1) is 5.10 Å². The summed E-state index contributed by atoms with van der Waals surface area (Å²) in [5.74, 6) is 0.516. The summed E-state index contributed by atoms with van der Waals surface area (Å²) >= 11 is 0. The Balaban J connectivity index is 2.84. The van der Waals surface area contributed by atoms with E-state index in [2.05, 4.69) is 14.9 Å². The summed E-state index contributed by atoms with van der Waals surface area (Å²) in [4.78, 5) is 0. The molecule has 0 saturated heterocycles. The third-order valence-electron chi connectivity index (χ3n) is 0.682. The molecular weight excluding hydrogens is 108 g/mol. The van der Waals surface area contributed by atoms with Crippen LogP contribution in [0.25, 0.3) is 0 Å². The number of ether oxygens (including phenoxy) is 1. The fourth-order valence-electron chi connectivity index (χ4n) is 0.361. The summed E-state index contributed by atoms with van der Waals surface area (Å²) in [5.41, 5.74) is 0. The van der Waals surface area contributed by atoms with Gasteiger partial charge >= 0.3 is 6.08 Å². The maximum atomic E-state index is 4.79. The van der Waals surface area contributed by atoms with E-state index in [1.165, 1.54) is 7.11 Å². The number of methoxy groups -OCH3 is 1. The number of hydrogen-bond acceptors (Lipinski definition) is 4. The van der Waals surface area contributed by atoms with Gasteiger partial charge in [0.15, 0.2) is 0 Å². The first kappa shape index (κ1) is 5.08. The van der Waals surface area contributed by atoms with Gasteiger partial charge in [-0.3, -0.25) is 0 Å². The van der Waals surface area contributed by atoms with E-state index in [9.17, 15) is 0 Å². The first-order valence-electron chi connectivity index (χ1n) is 2.17. The van der Waals surface area contributed by atoms with Gasteiger partial charge in [-0.25, -0.2) is 0 Å². The van der Waals surface area contributed by atoms with E-state index in [0.29, 0.717) is 5.89 Å². The normalized spacial score (nSPS) is 9.25. The molecule has 0 spiro atoms. The number of hydrogen-bond donors (Lipinski definition) is 0. The lowest BCUT2D eigenvalue weighted by molar-refractivity contribution is 0.284. The minimum Gasteiger partial charge on any atom is -0.452 e. The van der Waals surface area contributed by atoms with Crippen molar-refractivity contribution in [1.82, 2.24) is 10.2 Å². The zero-order valence-electron chi connectivity index (χ0n) is 4.71. The molecule has 1 rings (SSSR count). The Morgan fingerprint density at radius 1 is 1.50 bits per heavy atom. The SMILES string of the molecule is COc1nnc(C)o1. The van der Waals surface area contributed by atoms with Crippen LogP contribution in [0.2, 0.25) is 0 Å². The van der Waals surface area contributed by atoms with Crippen molar-refractivity contribution >= 4 is 0 Å². The van der Waals surface area contributed by atoms with Crippen LogP contribution in [0.3, 0.4) is 0 Å². The Labute approximate surface area is 46.5 Å². The Morgan fingerprint density at radius 3 is 2.50 bits per heavy atom. The van der Waals surface area contributed by atoms with Crippen LogP contribution in [-0.4, -0.2) is 17.3 Å². The molecule has 1 aromatic heterocycles. The largest absolute Gasteiger partial charge is 0.452 e. The van der Waals surface area contributed by atoms with Crippen molar-refractivity contribution in [1.29, 1.82) is 0 Å². The van der Waals surface area contributed by atoms with Crippen molar-refractivity contribution in [2.75, 3.05) is 7.11 Å². The molecule has 0 amide bonds. The molecule has 4 nitrogen and oxygen atoms in total. The highest BCUT2D eigenvalue weighted by atomic mass is 16.6. The minimum absolute atomic E-state index is 0.211. The zero-order valence-corrected chi connectivity index (χ0v) is 4.71. The number of aromatic nitrogens is 2. The third kappa shape index (κ3) is 0.776. The average Bonchev–Trinajstić information content (AvgIpc) is 2.14. The molecule has 0 saturated carbocycles.